The predicted molar refractivity (Wildman–Crippen MR) is 76.5 cm³/mol. The average Bonchev–Trinajstić information content (AvgIpc) is 2.38. The van der Waals surface area contributed by atoms with Gasteiger partial charge in [-0.05, 0) is 43.5 Å². The van der Waals surface area contributed by atoms with E-state index >= 15 is 0 Å². The van der Waals surface area contributed by atoms with Crippen molar-refractivity contribution in [3.8, 4) is 0 Å². The molecule has 1 aliphatic rings. The van der Waals surface area contributed by atoms with Gasteiger partial charge in [0.05, 0.1) is 0 Å². The van der Waals surface area contributed by atoms with Crippen LogP contribution in [0.25, 0.3) is 0 Å². The first-order valence-electron chi connectivity index (χ1n) is 6.61. The fourth-order valence-corrected chi connectivity index (χ4v) is 4.16. The first kappa shape index (κ1) is 15.7. The lowest BCUT2D eigenvalue weighted by Gasteiger charge is -2.31. The van der Waals surface area contributed by atoms with Crippen molar-refractivity contribution < 1.29 is 12.8 Å². The molecule has 0 amide bonds. The molecule has 1 aromatic carbocycles. The Kier molecular flexibility index (Phi) is 5.01. The fraction of sp³-hybridized carbons (Fsp3) is 0.538. The second-order valence-electron chi connectivity index (χ2n) is 5.08. The molecule has 112 valence electrons. The largest absolute Gasteiger partial charge is 0.330 e. The molecule has 0 aromatic heterocycles. The SMILES string of the molecule is NCC1CCCCC1NS(=O)(=O)c1ccc(Cl)cc1F. The zero-order valence-corrected chi connectivity index (χ0v) is 12.6. The maximum atomic E-state index is 13.8. The summed E-state index contributed by atoms with van der Waals surface area (Å²) in [5, 5.41) is 0.166. The highest BCUT2D eigenvalue weighted by atomic mass is 35.5. The smallest absolute Gasteiger partial charge is 0.243 e. The van der Waals surface area contributed by atoms with Crippen molar-refractivity contribution in [2.24, 2.45) is 11.7 Å². The highest BCUT2D eigenvalue weighted by Gasteiger charge is 2.29. The van der Waals surface area contributed by atoms with Gasteiger partial charge in [0.1, 0.15) is 10.7 Å². The summed E-state index contributed by atoms with van der Waals surface area (Å²) in [6, 6.07) is 3.31. The first-order valence-corrected chi connectivity index (χ1v) is 8.47. The Balaban J connectivity index is 2.22. The van der Waals surface area contributed by atoms with Gasteiger partial charge < -0.3 is 5.73 Å². The highest BCUT2D eigenvalue weighted by Crippen LogP contribution is 2.26. The summed E-state index contributed by atoms with van der Waals surface area (Å²) in [5.74, 6) is -0.737. The standard InChI is InChI=1S/C13H18ClFN2O2S/c14-10-5-6-13(11(15)7-10)20(18,19)17-12-4-2-1-3-9(12)8-16/h5-7,9,12,17H,1-4,8,16H2. The average molecular weight is 321 g/mol. The number of hydrogen-bond donors (Lipinski definition) is 2. The number of hydrogen-bond acceptors (Lipinski definition) is 3. The van der Waals surface area contributed by atoms with Gasteiger partial charge in [-0.1, -0.05) is 24.4 Å². The molecule has 0 radical (unpaired) electrons. The van der Waals surface area contributed by atoms with Crippen molar-refractivity contribution >= 4 is 21.6 Å². The molecule has 7 heteroatoms. The Morgan fingerprint density at radius 2 is 2.05 bits per heavy atom. The number of benzene rings is 1. The molecule has 0 spiro atoms. The Labute approximate surface area is 123 Å². The number of nitrogens with two attached hydrogens (primary N) is 1. The number of rotatable bonds is 4. The van der Waals surface area contributed by atoms with Crippen molar-refractivity contribution in [3.63, 3.8) is 0 Å². The summed E-state index contributed by atoms with van der Waals surface area (Å²) in [7, 11) is -3.89. The van der Waals surface area contributed by atoms with Crippen LogP contribution >= 0.6 is 11.6 Å². The summed E-state index contributed by atoms with van der Waals surface area (Å²) >= 11 is 5.63. The summed E-state index contributed by atoms with van der Waals surface area (Å²) in [4.78, 5) is -0.372. The van der Waals surface area contributed by atoms with E-state index in [-0.39, 0.29) is 21.9 Å². The zero-order valence-electron chi connectivity index (χ0n) is 11.0. The van der Waals surface area contributed by atoms with Crippen LogP contribution in [-0.4, -0.2) is 21.0 Å². The molecule has 1 fully saturated rings. The molecular formula is C13H18ClFN2O2S. The van der Waals surface area contributed by atoms with Gasteiger partial charge in [0.15, 0.2) is 0 Å². The third kappa shape index (κ3) is 3.49. The lowest BCUT2D eigenvalue weighted by atomic mass is 9.85. The minimum absolute atomic E-state index is 0.105. The molecular weight excluding hydrogens is 303 g/mol. The minimum atomic E-state index is -3.89. The van der Waals surface area contributed by atoms with E-state index in [0.29, 0.717) is 6.54 Å². The fourth-order valence-electron chi connectivity index (χ4n) is 2.60. The Hall–Kier alpha value is -0.690. The molecule has 3 N–H and O–H groups in total. The van der Waals surface area contributed by atoms with Crippen molar-refractivity contribution in [2.45, 2.75) is 36.6 Å². The second-order valence-corrected chi connectivity index (χ2v) is 7.20. The molecule has 2 rings (SSSR count). The van der Waals surface area contributed by atoms with Crippen LogP contribution in [0.1, 0.15) is 25.7 Å². The molecule has 0 bridgehead atoms. The van der Waals surface area contributed by atoms with Crippen LogP contribution in [0.15, 0.2) is 23.1 Å². The summed E-state index contributed by atoms with van der Waals surface area (Å²) < 4.78 is 40.9. The van der Waals surface area contributed by atoms with E-state index in [4.69, 9.17) is 17.3 Å². The highest BCUT2D eigenvalue weighted by molar-refractivity contribution is 7.89. The lowest BCUT2D eigenvalue weighted by molar-refractivity contribution is 0.296. The minimum Gasteiger partial charge on any atom is -0.330 e. The molecule has 20 heavy (non-hydrogen) atoms. The zero-order chi connectivity index (χ0) is 14.8. The molecule has 1 aromatic rings. The summed E-state index contributed by atoms with van der Waals surface area (Å²) in [5.41, 5.74) is 5.67. The van der Waals surface area contributed by atoms with Crippen molar-refractivity contribution in [1.82, 2.24) is 4.72 Å². The summed E-state index contributed by atoms with van der Waals surface area (Å²) in [6.45, 7) is 0.427. The van der Waals surface area contributed by atoms with Gasteiger partial charge in [-0.2, -0.15) is 0 Å². The quantitative estimate of drug-likeness (QED) is 0.894. The van der Waals surface area contributed by atoms with Crippen molar-refractivity contribution in [2.75, 3.05) is 6.54 Å². The van der Waals surface area contributed by atoms with Gasteiger partial charge in [0.25, 0.3) is 0 Å². The Morgan fingerprint density at radius 1 is 1.35 bits per heavy atom. The van der Waals surface area contributed by atoms with Crippen LogP contribution in [0, 0.1) is 11.7 Å². The van der Waals surface area contributed by atoms with Gasteiger partial charge in [-0.15, -0.1) is 0 Å². The van der Waals surface area contributed by atoms with E-state index < -0.39 is 15.8 Å². The van der Waals surface area contributed by atoms with E-state index in [9.17, 15) is 12.8 Å². The number of halogens is 2. The summed E-state index contributed by atoms with van der Waals surface area (Å²) in [6.07, 6.45) is 3.63. The predicted octanol–water partition coefficient (Wildman–Crippen LogP) is 2.27. The Morgan fingerprint density at radius 3 is 2.70 bits per heavy atom. The van der Waals surface area contributed by atoms with Gasteiger partial charge >= 0.3 is 0 Å². The Bertz CT molecular complexity index is 580. The van der Waals surface area contributed by atoms with E-state index in [2.05, 4.69) is 4.72 Å². The molecule has 2 atom stereocenters. The van der Waals surface area contributed by atoms with Crippen LogP contribution in [0.4, 0.5) is 4.39 Å². The molecule has 0 saturated heterocycles. The molecule has 1 saturated carbocycles. The van der Waals surface area contributed by atoms with Gasteiger partial charge in [-0.3, -0.25) is 0 Å². The lowest BCUT2D eigenvalue weighted by Crippen LogP contribution is -2.44. The topological polar surface area (TPSA) is 72.2 Å². The van der Waals surface area contributed by atoms with Crippen LogP contribution in [0.5, 0.6) is 0 Å². The molecule has 1 aliphatic carbocycles. The third-order valence-corrected chi connectivity index (χ3v) is 5.46. The molecule has 0 heterocycles. The second kappa shape index (κ2) is 6.39. The van der Waals surface area contributed by atoms with Crippen molar-refractivity contribution in [3.05, 3.63) is 29.0 Å². The van der Waals surface area contributed by atoms with Crippen LogP contribution in [0.2, 0.25) is 5.02 Å². The number of nitrogens with one attached hydrogen (secondary N) is 1. The van der Waals surface area contributed by atoms with E-state index in [1.54, 1.807) is 0 Å². The van der Waals surface area contributed by atoms with Crippen LogP contribution in [0.3, 0.4) is 0 Å². The van der Waals surface area contributed by atoms with Gasteiger partial charge in [0, 0.05) is 11.1 Å². The maximum absolute atomic E-state index is 13.8. The van der Waals surface area contributed by atoms with E-state index in [1.165, 1.54) is 12.1 Å². The third-order valence-electron chi connectivity index (χ3n) is 3.70. The van der Waals surface area contributed by atoms with Gasteiger partial charge in [-0.25, -0.2) is 17.5 Å². The monoisotopic (exact) mass is 320 g/mol. The molecule has 2 unspecified atom stereocenters. The van der Waals surface area contributed by atoms with Crippen LogP contribution in [-0.2, 0) is 10.0 Å². The van der Waals surface area contributed by atoms with E-state index in [1.807, 2.05) is 0 Å². The number of sulfonamides is 1. The first-order chi connectivity index (χ1) is 9.44. The van der Waals surface area contributed by atoms with Gasteiger partial charge in [0.2, 0.25) is 10.0 Å². The molecule has 0 aliphatic heterocycles. The molecule has 4 nitrogen and oxygen atoms in total. The normalized spacial score (nSPS) is 23.8. The maximum Gasteiger partial charge on any atom is 0.243 e. The van der Waals surface area contributed by atoms with E-state index in [0.717, 1.165) is 31.7 Å². The van der Waals surface area contributed by atoms with Crippen molar-refractivity contribution in [1.29, 1.82) is 0 Å². The van der Waals surface area contributed by atoms with Crippen LogP contribution < -0.4 is 10.5 Å².